The summed E-state index contributed by atoms with van der Waals surface area (Å²) in [7, 11) is 0. The average molecular weight is 889 g/mol. The van der Waals surface area contributed by atoms with Crippen LogP contribution in [-0.2, 0) is 6.54 Å². The van der Waals surface area contributed by atoms with Crippen LogP contribution in [0.2, 0.25) is 0 Å². The molecule has 0 atom stereocenters. The average Bonchev–Trinajstić information content (AvgIpc) is 4.13. The number of hydrogen-bond acceptors (Lipinski definition) is 1. The van der Waals surface area contributed by atoms with Crippen LogP contribution in [0.25, 0.3) is 16.7 Å². The minimum Gasteiger partial charge on any atom is -0.358 e. The Morgan fingerprint density at radius 1 is 0.381 bits per heavy atom. The summed E-state index contributed by atoms with van der Waals surface area (Å²) in [5.41, 5.74) is -8.94. The van der Waals surface area contributed by atoms with E-state index in [9.17, 15) is 22.0 Å². The van der Waals surface area contributed by atoms with Gasteiger partial charge in [-0.25, -0.2) is 65.9 Å². The van der Waals surface area contributed by atoms with Crippen LogP contribution in [0.4, 0.5) is 65.9 Å². The number of H-pyrrole nitrogens is 2. The van der Waals surface area contributed by atoms with E-state index in [1.807, 2.05) is 0 Å². The number of rotatable bonds is 5. The Hall–Kier alpha value is -7.31. The zero-order valence-electron chi connectivity index (χ0n) is 31.0. The lowest BCUT2D eigenvalue weighted by atomic mass is 9.97. The molecule has 0 spiro atoms. The molecule has 63 heavy (non-hydrogen) atoms. The molecule has 0 unspecified atom stereocenters. The van der Waals surface area contributed by atoms with E-state index in [1.165, 1.54) is 36.4 Å². The van der Waals surface area contributed by atoms with Gasteiger partial charge in [-0.1, -0.05) is 36.4 Å². The number of aromatic nitrogens is 3. The van der Waals surface area contributed by atoms with Crippen LogP contribution in [0, 0.1) is 98.0 Å². The first-order chi connectivity index (χ1) is 30.0. The van der Waals surface area contributed by atoms with Gasteiger partial charge in [0.1, 0.15) is 0 Å². The van der Waals surface area contributed by atoms with Crippen LogP contribution in [0.15, 0.2) is 84.2 Å². The van der Waals surface area contributed by atoms with Crippen molar-refractivity contribution in [2.45, 2.75) is 13.0 Å². The number of aromatic amines is 2. The van der Waals surface area contributed by atoms with Crippen LogP contribution in [0.3, 0.4) is 0 Å². The molecule has 4 aromatic carbocycles. The lowest BCUT2D eigenvalue weighted by molar-refractivity contribution is 0.376. The van der Waals surface area contributed by atoms with Crippen molar-refractivity contribution in [3.63, 3.8) is 0 Å². The van der Waals surface area contributed by atoms with Crippen LogP contribution in [0.1, 0.15) is 40.1 Å². The standard InChI is InChI=1S/C44H19F15N4/c45-30-27(31(46)37(52)42(57)36(30)51)24-18-8-6-16(60-18)17-7-9-20(61-17)25(28-32(47)38(53)43(58)39(54)33(28)48)22-12-13-23(63(22)14-15-4-2-1-3-5-15)26(21-11-10-19(24)62-21)29-34(49)40(55)44(59)41(56)35(29)50/h1-10,12-13,60-62H,11,14H2. The van der Waals surface area contributed by atoms with E-state index >= 15 is 43.9 Å². The molecule has 320 valence electrons. The number of nitrogens with zero attached hydrogens (tertiary/aromatic N) is 1. The van der Waals surface area contributed by atoms with Crippen molar-refractivity contribution < 1.29 is 65.9 Å². The molecule has 19 heteroatoms. The summed E-state index contributed by atoms with van der Waals surface area (Å²) in [5.74, 6) is -36.2. The molecule has 4 nitrogen and oxygen atoms in total. The Morgan fingerprint density at radius 3 is 1.21 bits per heavy atom. The number of halogens is 15. The normalized spacial score (nSPS) is 13.7. The van der Waals surface area contributed by atoms with Gasteiger partial charge in [0, 0.05) is 51.8 Å². The minimum atomic E-state index is -2.58. The van der Waals surface area contributed by atoms with Crippen molar-refractivity contribution in [1.82, 2.24) is 19.9 Å². The molecule has 0 radical (unpaired) electrons. The van der Waals surface area contributed by atoms with E-state index in [1.54, 1.807) is 6.07 Å². The Bertz CT molecular complexity index is 3350. The largest absolute Gasteiger partial charge is 0.358 e. The predicted molar refractivity (Wildman–Crippen MR) is 193 cm³/mol. The lowest BCUT2D eigenvalue weighted by Gasteiger charge is -2.22. The van der Waals surface area contributed by atoms with Gasteiger partial charge in [-0.3, -0.25) is 0 Å². The SMILES string of the molecule is Fc1c(F)c(F)c(C2=C3CC=C(N3)C(c3c(F)c(F)c(F)c(F)c3F)=c3ccc([nH]3)=c3ccc([nH]3)=C(c3c(F)c(F)c(F)c(F)c3F)c3ccc2n3Cc2ccccc2)c(F)c1F. The van der Waals surface area contributed by atoms with Crippen molar-refractivity contribution in [2.75, 3.05) is 0 Å². The quantitative estimate of drug-likeness (QED) is 0.0901. The predicted octanol–water partition coefficient (Wildman–Crippen LogP) is 9.66. The molecule has 0 amide bonds. The van der Waals surface area contributed by atoms with Gasteiger partial charge in [0.05, 0.1) is 38.8 Å². The summed E-state index contributed by atoms with van der Waals surface area (Å²) in [6, 6.07) is 14.2. The maximum Gasteiger partial charge on any atom is 0.200 e. The fourth-order valence-corrected chi connectivity index (χ4v) is 7.76. The van der Waals surface area contributed by atoms with E-state index in [-0.39, 0.29) is 10.7 Å². The monoisotopic (exact) mass is 888 g/mol. The molecular formula is C44H19F15N4. The summed E-state index contributed by atoms with van der Waals surface area (Å²) in [4.78, 5) is 5.48. The van der Waals surface area contributed by atoms with E-state index in [0.29, 0.717) is 5.56 Å². The van der Waals surface area contributed by atoms with E-state index in [2.05, 4.69) is 15.3 Å². The highest BCUT2D eigenvalue weighted by molar-refractivity contribution is 5.88. The van der Waals surface area contributed by atoms with Crippen LogP contribution < -0.4 is 16.0 Å². The molecule has 5 heterocycles. The Kier molecular flexibility index (Phi) is 9.74. The number of benzene rings is 4. The lowest BCUT2D eigenvalue weighted by Crippen LogP contribution is -2.22. The van der Waals surface area contributed by atoms with Crippen molar-refractivity contribution in [3.05, 3.63) is 226 Å². The Morgan fingerprint density at radius 2 is 0.746 bits per heavy atom. The van der Waals surface area contributed by atoms with Crippen molar-refractivity contribution >= 4 is 16.7 Å². The molecule has 0 saturated carbocycles. The molecule has 0 fully saturated rings. The molecule has 2 aliphatic heterocycles. The van der Waals surface area contributed by atoms with Gasteiger partial charge in [0.15, 0.2) is 69.8 Å². The minimum absolute atomic E-state index is 0.0546. The second kappa shape index (κ2) is 14.9. The van der Waals surface area contributed by atoms with E-state index < -0.39 is 167 Å². The third kappa shape index (κ3) is 6.18. The zero-order chi connectivity index (χ0) is 44.9. The second-order valence-electron chi connectivity index (χ2n) is 14.1. The first-order valence-corrected chi connectivity index (χ1v) is 18.1. The number of fused-ring (bicyclic) bond motifs is 8. The molecule has 7 aromatic rings. The van der Waals surface area contributed by atoms with Gasteiger partial charge >= 0.3 is 0 Å². The van der Waals surface area contributed by atoms with Crippen molar-refractivity contribution in [2.24, 2.45) is 0 Å². The van der Waals surface area contributed by atoms with Crippen LogP contribution in [-0.4, -0.2) is 14.5 Å². The molecule has 3 N–H and O–H groups in total. The maximum atomic E-state index is 16.2. The fourth-order valence-electron chi connectivity index (χ4n) is 7.76. The molecule has 8 bridgehead atoms. The molecule has 0 saturated heterocycles. The summed E-state index contributed by atoms with van der Waals surface area (Å²) >= 11 is 0. The summed E-state index contributed by atoms with van der Waals surface area (Å²) in [6.45, 7) is -0.515. The third-order valence-corrected chi connectivity index (χ3v) is 10.6. The fraction of sp³-hybridized carbons (Fsp3) is 0.0455. The van der Waals surface area contributed by atoms with Gasteiger partial charge in [0.2, 0.25) is 17.5 Å². The molecule has 9 rings (SSSR count). The highest BCUT2D eigenvalue weighted by atomic mass is 19.2. The maximum absolute atomic E-state index is 16.2. The van der Waals surface area contributed by atoms with Crippen molar-refractivity contribution in [1.29, 1.82) is 0 Å². The number of hydrogen-bond donors (Lipinski definition) is 3. The smallest absolute Gasteiger partial charge is 0.200 e. The molecule has 3 aromatic heterocycles. The van der Waals surface area contributed by atoms with E-state index in [0.717, 1.165) is 34.9 Å². The van der Waals surface area contributed by atoms with Gasteiger partial charge in [0.25, 0.3) is 0 Å². The first kappa shape index (κ1) is 41.1. The third-order valence-electron chi connectivity index (χ3n) is 10.6. The van der Waals surface area contributed by atoms with Crippen LogP contribution >= 0.6 is 0 Å². The number of nitrogens with one attached hydrogen (secondary N) is 3. The van der Waals surface area contributed by atoms with Gasteiger partial charge < -0.3 is 19.9 Å². The Balaban J connectivity index is 1.52. The van der Waals surface area contributed by atoms with Crippen LogP contribution in [0.5, 0.6) is 0 Å². The highest BCUT2D eigenvalue weighted by Crippen LogP contribution is 2.42. The van der Waals surface area contributed by atoms with Gasteiger partial charge in [-0.2, -0.15) is 0 Å². The molecule has 0 aliphatic carbocycles. The summed E-state index contributed by atoms with van der Waals surface area (Å²) < 4.78 is 230. The zero-order valence-corrected chi connectivity index (χ0v) is 31.0. The van der Waals surface area contributed by atoms with Crippen molar-refractivity contribution in [3.8, 4) is 0 Å². The molecule has 2 aliphatic rings. The summed E-state index contributed by atoms with van der Waals surface area (Å²) in [6.07, 6.45) is 0.389. The first-order valence-electron chi connectivity index (χ1n) is 18.1. The highest BCUT2D eigenvalue weighted by Gasteiger charge is 2.37. The van der Waals surface area contributed by atoms with E-state index in [4.69, 9.17) is 0 Å². The topological polar surface area (TPSA) is 48.5 Å². The van der Waals surface area contributed by atoms with Gasteiger partial charge in [-0.15, -0.1) is 0 Å². The summed E-state index contributed by atoms with van der Waals surface area (Å²) in [5, 5.41) is 1.67. The number of allylic oxidation sites excluding steroid dienone is 2. The Labute approximate surface area is 341 Å². The molecular weight excluding hydrogens is 869 g/mol. The second-order valence-corrected chi connectivity index (χ2v) is 14.1. The van der Waals surface area contributed by atoms with Gasteiger partial charge in [-0.05, 0) is 42.0 Å².